The van der Waals surface area contributed by atoms with E-state index >= 15 is 0 Å². The van der Waals surface area contributed by atoms with E-state index in [0.717, 1.165) is 24.3 Å². The molecule has 1 unspecified atom stereocenters. The van der Waals surface area contributed by atoms with Crippen molar-refractivity contribution in [3.05, 3.63) is 35.2 Å². The zero-order valence-corrected chi connectivity index (χ0v) is 10.5. The van der Waals surface area contributed by atoms with Crippen LogP contribution < -0.4 is 10.1 Å². The van der Waals surface area contributed by atoms with E-state index in [4.69, 9.17) is 9.47 Å². The standard InChI is InChI=1S/C13H18N2O2/c1-9-6-10(8-15-13(9)17-3)12-7-11(16-2)4-5-14-12/h4,6,8,12,14H,5,7H2,1-3H3. The molecule has 0 radical (unpaired) electrons. The number of nitrogens with zero attached hydrogens (tertiary/aromatic N) is 1. The summed E-state index contributed by atoms with van der Waals surface area (Å²) in [5.41, 5.74) is 2.23. The summed E-state index contributed by atoms with van der Waals surface area (Å²) < 4.78 is 10.5. The van der Waals surface area contributed by atoms with Crippen LogP contribution in [0.4, 0.5) is 0 Å². The van der Waals surface area contributed by atoms with Gasteiger partial charge in [0.15, 0.2) is 0 Å². The Morgan fingerprint density at radius 1 is 1.35 bits per heavy atom. The normalized spacial score (nSPS) is 19.7. The first-order valence-electron chi connectivity index (χ1n) is 5.71. The Labute approximate surface area is 102 Å². The highest BCUT2D eigenvalue weighted by atomic mass is 16.5. The molecule has 2 rings (SSSR count). The molecule has 0 aromatic carbocycles. The first-order valence-corrected chi connectivity index (χ1v) is 5.71. The highest BCUT2D eigenvalue weighted by Gasteiger charge is 2.18. The lowest BCUT2D eigenvalue weighted by Gasteiger charge is -2.24. The fourth-order valence-corrected chi connectivity index (χ4v) is 2.06. The first kappa shape index (κ1) is 11.9. The number of ether oxygens (including phenoxy) is 2. The molecule has 1 aliphatic rings. The van der Waals surface area contributed by atoms with Crippen molar-refractivity contribution in [3.8, 4) is 5.88 Å². The van der Waals surface area contributed by atoms with Crippen LogP contribution in [-0.4, -0.2) is 25.7 Å². The van der Waals surface area contributed by atoms with Gasteiger partial charge in [-0.1, -0.05) is 0 Å². The highest BCUT2D eigenvalue weighted by Crippen LogP contribution is 2.26. The average molecular weight is 234 g/mol. The number of hydrogen-bond acceptors (Lipinski definition) is 4. The first-order chi connectivity index (χ1) is 8.24. The van der Waals surface area contributed by atoms with E-state index in [1.54, 1.807) is 14.2 Å². The maximum atomic E-state index is 5.29. The van der Waals surface area contributed by atoms with Crippen molar-refractivity contribution in [1.82, 2.24) is 10.3 Å². The van der Waals surface area contributed by atoms with Gasteiger partial charge in [-0.3, -0.25) is 0 Å². The number of aromatic nitrogens is 1. The Balaban J connectivity index is 2.18. The topological polar surface area (TPSA) is 43.4 Å². The lowest BCUT2D eigenvalue weighted by Crippen LogP contribution is -2.26. The predicted octanol–water partition coefficient (Wildman–Crippen LogP) is 1.96. The van der Waals surface area contributed by atoms with Gasteiger partial charge in [-0.15, -0.1) is 0 Å². The number of methoxy groups -OCH3 is 2. The third-order valence-corrected chi connectivity index (χ3v) is 3.01. The molecular weight excluding hydrogens is 216 g/mol. The van der Waals surface area contributed by atoms with Crippen LogP contribution >= 0.6 is 0 Å². The number of pyridine rings is 1. The van der Waals surface area contributed by atoms with Gasteiger partial charge in [0.2, 0.25) is 5.88 Å². The molecule has 1 atom stereocenters. The molecule has 0 saturated heterocycles. The second-order valence-electron chi connectivity index (χ2n) is 4.13. The number of aryl methyl sites for hydroxylation is 1. The highest BCUT2D eigenvalue weighted by molar-refractivity contribution is 5.31. The van der Waals surface area contributed by atoms with Gasteiger partial charge in [0.1, 0.15) is 0 Å². The van der Waals surface area contributed by atoms with E-state index in [1.165, 1.54) is 5.56 Å². The molecule has 17 heavy (non-hydrogen) atoms. The average Bonchev–Trinajstić information content (AvgIpc) is 2.38. The van der Waals surface area contributed by atoms with Crippen LogP contribution in [0.25, 0.3) is 0 Å². The molecule has 0 aliphatic carbocycles. The minimum absolute atomic E-state index is 0.270. The second kappa shape index (κ2) is 5.19. The van der Waals surface area contributed by atoms with E-state index in [-0.39, 0.29) is 6.04 Å². The minimum atomic E-state index is 0.270. The second-order valence-corrected chi connectivity index (χ2v) is 4.13. The molecule has 1 aliphatic heterocycles. The van der Waals surface area contributed by atoms with Crippen LogP contribution in [0.3, 0.4) is 0 Å². The largest absolute Gasteiger partial charge is 0.501 e. The maximum Gasteiger partial charge on any atom is 0.215 e. The van der Waals surface area contributed by atoms with Crippen LogP contribution in [0, 0.1) is 6.92 Å². The van der Waals surface area contributed by atoms with Gasteiger partial charge < -0.3 is 14.8 Å². The molecule has 0 bridgehead atoms. The van der Waals surface area contributed by atoms with E-state index < -0.39 is 0 Å². The summed E-state index contributed by atoms with van der Waals surface area (Å²) in [7, 11) is 3.35. The number of rotatable bonds is 3. The molecule has 0 spiro atoms. The van der Waals surface area contributed by atoms with Crippen molar-refractivity contribution in [2.75, 3.05) is 20.8 Å². The fraction of sp³-hybridized carbons (Fsp3) is 0.462. The molecule has 0 amide bonds. The van der Waals surface area contributed by atoms with E-state index in [2.05, 4.69) is 22.4 Å². The van der Waals surface area contributed by atoms with Crippen molar-refractivity contribution in [2.45, 2.75) is 19.4 Å². The molecule has 1 aromatic heterocycles. The number of nitrogens with one attached hydrogen (secondary N) is 1. The Kier molecular flexibility index (Phi) is 3.64. The quantitative estimate of drug-likeness (QED) is 0.868. The van der Waals surface area contributed by atoms with Crippen LogP contribution in [0.2, 0.25) is 0 Å². The smallest absolute Gasteiger partial charge is 0.215 e. The molecular formula is C13H18N2O2. The lowest BCUT2D eigenvalue weighted by molar-refractivity contribution is 0.254. The van der Waals surface area contributed by atoms with Crippen molar-refractivity contribution < 1.29 is 9.47 Å². The van der Waals surface area contributed by atoms with Crippen molar-refractivity contribution in [1.29, 1.82) is 0 Å². The Morgan fingerprint density at radius 3 is 2.82 bits per heavy atom. The lowest BCUT2D eigenvalue weighted by atomic mass is 10.0. The van der Waals surface area contributed by atoms with E-state index in [0.29, 0.717) is 5.88 Å². The van der Waals surface area contributed by atoms with Gasteiger partial charge in [-0.25, -0.2) is 4.98 Å². The van der Waals surface area contributed by atoms with Crippen LogP contribution in [0.1, 0.15) is 23.6 Å². The summed E-state index contributed by atoms with van der Waals surface area (Å²) in [5, 5.41) is 3.43. The third-order valence-electron chi connectivity index (χ3n) is 3.01. The summed E-state index contributed by atoms with van der Waals surface area (Å²) in [6, 6.07) is 2.38. The summed E-state index contributed by atoms with van der Waals surface area (Å²) in [4.78, 5) is 4.30. The van der Waals surface area contributed by atoms with Gasteiger partial charge in [0.05, 0.1) is 20.0 Å². The van der Waals surface area contributed by atoms with Crippen LogP contribution in [-0.2, 0) is 4.74 Å². The summed E-state index contributed by atoms with van der Waals surface area (Å²) in [6.45, 7) is 2.84. The fourth-order valence-electron chi connectivity index (χ4n) is 2.06. The third kappa shape index (κ3) is 2.58. The van der Waals surface area contributed by atoms with E-state index in [1.807, 2.05) is 13.1 Å². The van der Waals surface area contributed by atoms with Crippen LogP contribution in [0.15, 0.2) is 24.1 Å². The van der Waals surface area contributed by atoms with Gasteiger partial charge in [0, 0.05) is 30.8 Å². The Hall–Kier alpha value is -1.55. The molecule has 0 saturated carbocycles. The molecule has 0 fully saturated rings. The van der Waals surface area contributed by atoms with Gasteiger partial charge >= 0.3 is 0 Å². The summed E-state index contributed by atoms with van der Waals surface area (Å²) in [6.07, 6.45) is 4.80. The molecule has 92 valence electrons. The van der Waals surface area contributed by atoms with Gasteiger partial charge in [-0.05, 0) is 24.6 Å². The Bertz CT molecular complexity index is 429. The zero-order valence-electron chi connectivity index (χ0n) is 10.5. The summed E-state index contributed by atoms with van der Waals surface area (Å²) in [5.74, 6) is 1.72. The van der Waals surface area contributed by atoms with Crippen LogP contribution in [0.5, 0.6) is 5.88 Å². The predicted molar refractivity (Wildman–Crippen MR) is 66.0 cm³/mol. The minimum Gasteiger partial charge on any atom is -0.501 e. The molecule has 1 aromatic rings. The van der Waals surface area contributed by atoms with Crippen molar-refractivity contribution in [3.63, 3.8) is 0 Å². The Morgan fingerprint density at radius 2 is 2.18 bits per heavy atom. The summed E-state index contributed by atoms with van der Waals surface area (Å²) >= 11 is 0. The van der Waals surface area contributed by atoms with Crippen molar-refractivity contribution >= 4 is 0 Å². The molecule has 4 nitrogen and oxygen atoms in total. The van der Waals surface area contributed by atoms with Crippen molar-refractivity contribution in [2.24, 2.45) is 0 Å². The van der Waals surface area contributed by atoms with E-state index in [9.17, 15) is 0 Å². The molecule has 1 N–H and O–H groups in total. The van der Waals surface area contributed by atoms with Gasteiger partial charge in [-0.2, -0.15) is 0 Å². The zero-order chi connectivity index (χ0) is 12.3. The maximum absolute atomic E-state index is 5.29. The monoisotopic (exact) mass is 234 g/mol. The molecule has 2 heterocycles. The SMILES string of the molecule is COC1=CCNC(c2cnc(OC)c(C)c2)C1. The molecule has 4 heteroatoms. The number of hydrogen-bond donors (Lipinski definition) is 1. The van der Waals surface area contributed by atoms with Gasteiger partial charge in [0.25, 0.3) is 0 Å².